The molecule has 4 heterocycles. The number of pyridine rings is 2. The van der Waals surface area contributed by atoms with E-state index in [-0.39, 0.29) is 0 Å². The predicted molar refractivity (Wildman–Crippen MR) is 111 cm³/mol. The molecule has 146 valence electrons. The summed E-state index contributed by atoms with van der Waals surface area (Å²) in [6.45, 7) is 7.71. The average Bonchev–Trinajstić information content (AvgIpc) is 3.26. The van der Waals surface area contributed by atoms with E-state index in [2.05, 4.69) is 48.7 Å². The van der Waals surface area contributed by atoms with Crippen molar-refractivity contribution < 1.29 is 0 Å². The second-order valence-corrected chi connectivity index (χ2v) is 7.19. The SMILES string of the molecule is CC(Cn1ccnc1)NCc1cccnc1N1CCN(c2ccccn2)CC1. The molecule has 0 aromatic carbocycles. The van der Waals surface area contributed by atoms with Gasteiger partial charge in [0.25, 0.3) is 0 Å². The number of imidazole rings is 1. The summed E-state index contributed by atoms with van der Waals surface area (Å²) in [4.78, 5) is 18.0. The van der Waals surface area contributed by atoms with Gasteiger partial charge in [-0.1, -0.05) is 12.1 Å². The second kappa shape index (κ2) is 8.84. The van der Waals surface area contributed by atoms with Crippen LogP contribution < -0.4 is 15.1 Å². The van der Waals surface area contributed by atoms with Crippen molar-refractivity contribution in [2.75, 3.05) is 36.0 Å². The van der Waals surface area contributed by atoms with E-state index in [0.717, 1.165) is 50.9 Å². The summed E-state index contributed by atoms with van der Waals surface area (Å²) >= 11 is 0. The molecule has 0 bridgehead atoms. The van der Waals surface area contributed by atoms with Gasteiger partial charge in [-0.15, -0.1) is 0 Å². The first-order valence-electron chi connectivity index (χ1n) is 9.83. The van der Waals surface area contributed by atoms with Gasteiger partial charge in [0.15, 0.2) is 0 Å². The molecule has 1 aliphatic rings. The highest BCUT2D eigenvalue weighted by atomic mass is 15.3. The summed E-state index contributed by atoms with van der Waals surface area (Å²) in [7, 11) is 0. The molecular formula is C21H27N7. The van der Waals surface area contributed by atoms with Crippen molar-refractivity contribution in [3.63, 3.8) is 0 Å². The van der Waals surface area contributed by atoms with Crippen LogP contribution in [0, 0.1) is 0 Å². The standard InChI is InChI=1S/C21H27N7/c1-18(16-26-10-9-22-17-26)25-15-19-5-4-8-24-21(19)28-13-11-27(12-14-28)20-6-2-3-7-23-20/h2-10,17-18,25H,11-16H2,1H3. The zero-order valence-electron chi connectivity index (χ0n) is 16.3. The summed E-state index contributed by atoms with van der Waals surface area (Å²) < 4.78 is 2.10. The van der Waals surface area contributed by atoms with E-state index >= 15 is 0 Å². The van der Waals surface area contributed by atoms with E-state index in [1.807, 2.05) is 49.3 Å². The topological polar surface area (TPSA) is 62.1 Å². The Balaban J connectivity index is 1.35. The molecule has 0 saturated carbocycles. The third kappa shape index (κ3) is 4.48. The third-order valence-corrected chi connectivity index (χ3v) is 5.10. The monoisotopic (exact) mass is 377 g/mol. The van der Waals surface area contributed by atoms with Crippen molar-refractivity contribution in [3.8, 4) is 0 Å². The van der Waals surface area contributed by atoms with Gasteiger partial charge in [-0.25, -0.2) is 15.0 Å². The van der Waals surface area contributed by atoms with E-state index < -0.39 is 0 Å². The van der Waals surface area contributed by atoms with E-state index in [1.165, 1.54) is 5.56 Å². The third-order valence-electron chi connectivity index (χ3n) is 5.10. The molecule has 1 unspecified atom stereocenters. The van der Waals surface area contributed by atoms with Gasteiger partial charge in [0.1, 0.15) is 11.6 Å². The lowest BCUT2D eigenvalue weighted by molar-refractivity contribution is 0.475. The molecule has 1 fully saturated rings. The van der Waals surface area contributed by atoms with Crippen LogP contribution in [0.1, 0.15) is 12.5 Å². The summed E-state index contributed by atoms with van der Waals surface area (Å²) in [6.07, 6.45) is 9.41. The first-order valence-corrected chi connectivity index (χ1v) is 9.83. The molecule has 7 nitrogen and oxygen atoms in total. The van der Waals surface area contributed by atoms with Crippen LogP contribution in [0.5, 0.6) is 0 Å². The number of hydrogen-bond donors (Lipinski definition) is 1. The largest absolute Gasteiger partial charge is 0.353 e. The highest BCUT2D eigenvalue weighted by Gasteiger charge is 2.20. The van der Waals surface area contributed by atoms with Crippen molar-refractivity contribution in [2.24, 2.45) is 0 Å². The van der Waals surface area contributed by atoms with Gasteiger partial charge in [0.2, 0.25) is 0 Å². The number of anilines is 2. The molecule has 7 heteroatoms. The smallest absolute Gasteiger partial charge is 0.133 e. The van der Waals surface area contributed by atoms with Gasteiger partial charge in [0, 0.05) is 75.7 Å². The fourth-order valence-electron chi connectivity index (χ4n) is 3.60. The molecule has 0 radical (unpaired) electrons. The Morgan fingerprint density at radius 3 is 2.54 bits per heavy atom. The Bertz CT molecular complexity index is 842. The molecule has 1 atom stereocenters. The van der Waals surface area contributed by atoms with Crippen LogP contribution in [-0.4, -0.2) is 51.7 Å². The number of nitrogens with one attached hydrogen (secondary N) is 1. The van der Waals surface area contributed by atoms with Crippen LogP contribution in [0.25, 0.3) is 0 Å². The molecule has 0 spiro atoms. The Labute approximate surface area is 166 Å². The molecule has 28 heavy (non-hydrogen) atoms. The summed E-state index contributed by atoms with van der Waals surface area (Å²) in [5.41, 5.74) is 1.24. The second-order valence-electron chi connectivity index (χ2n) is 7.19. The van der Waals surface area contributed by atoms with Gasteiger partial charge >= 0.3 is 0 Å². The van der Waals surface area contributed by atoms with E-state index in [1.54, 1.807) is 0 Å². The minimum absolute atomic E-state index is 0.350. The molecule has 3 aromatic rings. The quantitative estimate of drug-likeness (QED) is 0.681. The van der Waals surface area contributed by atoms with E-state index in [0.29, 0.717) is 6.04 Å². The average molecular weight is 377 g/mol. The lowest BCUT2D eigenvalue weighted by atomic mass is 10.2. The Morgan fingerprint density at radius 1 is 0.964 bits per heavy atom. The number of hydrogen-bond acceptors (Lipinski definition) is 6. The Morgan fingerprint density at radius 2 is 1.79 bits per heavy atom. The molecule has 0 amide bonds. The Kier molecular flexibility index (Phi) is 5.82. The van der Waals surface area contributed by atoms with Gasteiger partial charge in [-0.05, 0) is 25.1 Å². The van der Waals surface area contributed by atoms with Crippen molar-refractivity contribution in [3.05, 3.63) is 67.0 Å². The lowest BCUT2D eigenvalue weighted by Crippen LogP contribution is -2.47. The van der Waals surface area contributed by atoms with E-state index in [4.69, 9.17) is 4.98 Å². The molecule has 0 aliphatic carbocycles. The van der Waals surface area contributed by atoms with Crippen LogP contribution >= 0.6 is 0 Å². The molecule has 1 aliphatic heterocycles. The highest BCUT2D eigenvalue weighted by molar-refractivity contribution is 5.49. The van der Waals surface area contributed by atoms with Crippen molar-refractivity contribution >= 4 is 11.6 Å². The van der Waals surface area contributed by atoms with Gasteiger partial charge in [-0.2, -0.15) is 0 Å². The van der Waals surface area contributed by atoms with Crippen LogP contribution in [0.4, 0.5) is 11.6 Å². The maximum Gasteiger partial charge on any atom is 0.133 e. The predicted octanol–water partition coefficient (Wildman–Crippen LogP) is 2.18. The van der Waals surface area contributed by atoms with E-state index in [9.17, 15) is 0 Å². The van der Waals surface area contributed by atoms with Crippen molar-refractivity contribution in [1.82, 2.24) is 24.8 Å². The van der Waals surface area contributed by atoms with Crippen LogP contribution in [-0.2, 0) is 13.1 Å². The van der Waals surface area contributed by atoms with Gasteiger partial charge in [0.05, 0.1) is 6.33 Å². The number of piperazine rings is 1. The minimum atomic E-state index is 0.350. The fourth-order valence-corrected chi connectivity index (χ4v) is 3.60. The maximum atomic E-state index is 4.69. The number of nitrogens with zero attached hydrogens (tertiary/aromatic N) is 6. The van der Waals surface area contributed by atoms with Crippen LogP contribution in [0.3, 0.4) is 0 Å². The first-order chi connectivity index (χ1) is 13.8. The van der Waals surface area contributed by atoms with Crippen LogP contribution in [0.15, 0.2) is 61.4 Å². The van der Waals surface area contributed by atoms with Crippen molar-refractivity contribution in [1.29, 1.82) is 0 Å². The maximum absolute atomic E-state index is 4.69. The zero-order valence-corrected chi connectivity index (χ0v) is 16.3. The molecule has 1 N–H and O–H groups in total. The zero-order chi connectivity index (χ0) is 19.2. The first kappa shape index (κ1) is 18.4. The Hall–Kier alpha value is -2.93. The normalized spacial score (nSPS) is 15.6. The van der Waals surface area contributed by atoms with Gasteiger partial charge < -0.3 is 19.7 Å². The molecule has 3 aromatic heterocycles. The fraction of sp³-hybridized carbons (Fsp3) is 0.381. The highest BCUT2D eigenvalue weighted by Crippen LogP contribution is 2.21. The van der Waals surface area contributed by atoms with Gasteiger partial charge in [-0.3, -0.25) is 0 Å². The van der Waals surface area contributed by atoms with Crippen molar-refractivity contribution in [2.45, 2.75) is 26.1 Å². The molecular weight excluding hydrogens is 350 g/mol. The number of aromatic nitrogens is 4. The lowest BCUT2D eigenvalue weighted by Gasteiger charge is -2.36. The summed E-state index contributed by atoms with van der Waals surface area (Å²) in [5, 5.41) is 3.62. The minimum Gasteiger partial charge on any atom is -0.353 e. The molecule has 1 saturated heterocycles. The number of rotatable bonds is 7. The van der Waals surface area contributed by atoms with Crippen LogP contribution in [0.2, 0.25) is 0 Å². The summed E-state index contributed by atoms with van der Waals surface area (Å²) in [5.74, 6) is 2.14. The molecule has 4 rings (SSSR count). The summed E-state index contributed by atoms with van der Waals surface area (Å²) in [6, 6.07) is 10.6.